The van der Waals surface area contributed by atoms with Gasteiger partial charge in [0, 0.05) is 5.39 Å². The van der Waals surface area contributed by atoms with Crippen LogP contribution in [0.15, 0.2) is 85.2 Å². The fourth-order valence-electron chi connectivity index (χ4n) is 2.93. The Morgan fingerprint density at radius 3 is 2.04 bits per heavy atom. The van der Waals surface area contributed by atoms with E-state index in [-0.39, 0.29) is 11.9 Å². The molecule has 4 aromatic rings. The zero-order chi connectivity index (χ0) is 17.1. The average molecular weight is 329 g/mol. The Kier molecular flexibility index (Phi) is 4.09. The Morgan fingerprint density at radius 1 is 0.760 bits per heavy atom. The van der Waals surface area contributed by atoms with Crippen LogP contribution in [-0.2, 0) is 0 Å². The van der Waals surface area contributed by atoms with Crippen LogP contribution in [0.2, 0.25) is 0 Å². The van der Waals surface area contributed by atoms with E-state index in [4.69, 9.17) is 0 Å². The SMILES string of the molecule is Fc1ccc2ncnc(NC(c3ccccc3)c3ccccc3)c2c1. The summed E-state index contributed by atoms with van der Waals surface area (Å²) in [6.07, 6.45) is 1.50. The van der Waals surface area contributed by atoms with Crippen molar-refractivity contribution in [3.63, 3.8) is 0 Å². The molecule has 4 rings (SSSR count). The smallest absolute Gasteiger partial charge is 0.138 e. The molecule has 25 heavy (non-hydrogen) atoms. The van der Waals surface area contributed by atoms with E-state index < -0.39 is 0 Å². The summed E-state index contributed by atoms with van der Waals surface area (Å²) >= 11 is 0. The number of hydrogen-bond donors (Lipinski definition) is 1. The summed E-state index contributed by atoms with van der Waals surface area (Å²) in [5.41, 5.74) is 2.92. The number of nitrogens with zero attached hydrogens (tertiary/aromatic N) is 2. The van der Waals surface area contributed by atoms with E-state index >= 15 is 0 Å². The lowest BCUT2D eigenvalue weighted by Gasteiger charge is -2.21. The van der Waals surface area contributed by atoms with Gasteiger partial charge in [-0.2, -0.15) is 0 Å². The Labute approximate surface area is 145 Å². The molecule has 0 amide bonds. The molecule has 1 heterocycles. The number of anilines is 1. The number of halogens is 1. The maximum absolute atomic E-state index is 13.7. The molecule has 3 nitrogen and oxygen atoms in total. The van der Waals surface area contributed by atoms with Gasteiger partial charge >= 0.3 is 0 Å². The van der Waals surface area contributed by atoms with Crippen molar-refractivity contribution < 1.29 is 4.39 Å². The number of hydrogen-bond acceptors (Lipinski definition) is 3. The predicted octanol–water partition coefficient (Wildman–Crippen LogP) is 4.97. The third kappa shape index (κ3) is 3.19. The van der Waals surface area contributed by atoms with Crippen molar-refractivity contribution >= 4 is 16.7 Å². The van der Waals surface area contributed by atoms with Crippen LogP contribution in [0.5, 0.6) is 0 Å². The lowest BCUT2D eigenvalue weighted by Crippen LogP contribution is -2.13. The summed E-state index contributed by atoms with van der Waals surface area (Å²) in [7, 11) is 0. The van der Waals surface area contributed by atoms with Crippen molar-refractivity contribution in [2.24, 2.45) is 0 Å². The molecule has 0 saturated carbocycles. The van der Waals surface area contributed by atoms with Crippen LogP contribution >= 0.6 is 0 Å². The third-order valence-corrected chi connectivity index (χ3v) is 4.14. The normalized spacial score (nSPS) is 11.0. The van der Waals surface area contributed by atoms with E-state index in [1.54, 1.807) is 6.07 Å². The van der Waals surface area contributed by atoms with Crippen molar-refractivity contribution in [1.82, 2.24) is 9.97 Å². The van der Waals surface area contributed by atoms with Gasteiger partial charge in [-0.05, 0) is 29.3 Å². The van der Waals surface area contributed by atoms with Crippen LogP contribution in [0.1, 0.15) is 17.2 Å². The standard InChI is InChI=1S/C21H16FN3/c22-17-11-12-19-18(13-17)21(24-14-23-19)25-20(15-7-3-1-4-8-15)16-9-5-2-6-10-16/h1-14,20H,(H,23,24,25). The molecule has 0 radical (unpaired) electrons. The van der Waals surface area contributed by atoms with E-state index in [2.05, 4.69) is 39.6 Å². The molecule has 1 aromatic heterocycles. The van der Waals surface area contributed by atoms with Gasteiger partial charge < -0.3 is 5.32 Å². The first-order valence-electron chi connectivity index (χ1n) is 8.08. The van der Waals surface area contributed by atoms with Gasteiger partial charge in [0.25, 0.3) is 0 Å². The molecule has 0 aliphatic heterocycles. The van der Waals surface area contributed by atoms with E-state index in [1.807, 2.05) is 36.4 Å². The molecule has 0 fully saturated rings. The van der Waals surface area contributed by atoms with E-state index in [0.29, 0.717) is 16.7 Å². The number of benzene rings is 3. The summed E-state index contributed by atoms with van der Waals surface area (Å²) in [4.78, 5) is 8.57. The van der Waals surface area contributed by atoms with Gasteiger partial charge in [-0.15, -0.1) is 0 Å². The Morgan fingerprint density at radius 2 is 1.40 bits per heavy atom. The van der Waals surface area contributed by atoms with Gasteiger partial charge in [0.05, 0.1) is 11.6 Å². The van der Waals surface area contributed by atoms with Crippen LogP contribution in [0.25, 0.3) is 10.9 Å². The molecule has 1 N–H and O–H groups in total. The molecule has 0 bridgehead atoms. The topological polar surface area (TPSA) is 37.8 Å². The highest BCUT2D eigenvalue weighted by Crippen LogP contribution is 2.29. The number of aromatic nitrogens is 2. The molecule has 0 saturated heterocycles. The number of rotatable bonds is 4. The van der Waals surface area contributed by atoms with Crippen LogP contribution < -0.4 is 5.32 Å². The lowest BCUT2D eigenvalue weighted by molar-refractivity contribution is 0.629. The maximum Gasteiger partial charge on any atom is 0.138 e. The Bertz CT molecular complexity index is 948. The first-order valence-corrected chi connectivity index (χ1v) is 8.08. The first kappa shape index (κ1) is 15.3. The summed E-state index contributed by atoms with van der Waals surface area (Å²) < 4.78 is 13.7. The monoisotopic (exact) mass is 329 g/mol. The molecule has 0 unspecified atom stereocenters. The second-order valence-electron chi connectivity index (χ2n) is 5.78. The first-order chi connectivity index (χ1) is 12.3. The van der Waals surface area contributed by atoms with Crippen molar-refractivity contribution in [2.75, 3.05) is 5.32 Å². The number of fused-ring (bicyclic) bond motifs is 1. The molecule has 0 aliphatic rings. The van der Waals surface area contributed by atoms with Crippen LogP contribution in [-0.4, -0.2) is 9.97 Å². The van der Waals surface area contributed by atoms with Crippen molar-refractivity contribution in [3.8, 4) is 0 Å². The molecule has 3 aromatic carbocycles. The van der Waals surface area contributed by atoms with Crippen molar-refractivity contribution in [3.05, 3.63) is 102 Å². The Balaban J connectivity index is 1.81. The lowest BCUT2D eigenvalue weighted by atomic mass is 9.98. The number of nitrogens with one attached hydrogen (secondary N) is 1. The minimum absolute atomic E-state index is 0.0937. The fourth-order valence-corrected chi connectivity index (χ4v) is 2.93. The molecule has 122 valence electrons. The van der Waals surface area contributed by atoms with Gasteiger partial charge in [-0.1, -0.05) is 60.7 Å². The molecule has 0 aliphatic carbocycles. The molecular weight excluding hydrogens is 313 g/mol. The van der Waals surface area contributed by atoms with E-state index in [0.717, 1.165) is 11.1 Å². The van der Waals surface area contributed by atoms with Crippen LogP contribution in [0, 0.1) is 5.82 Å². The van der Waals surface area contributed by atoms with Gasteiger partial charge in [-0.3, -0.25) is 0 Å². The maximum atomic E-state index is 13.7. The molecule has 0 spiro atoms. The quantitative estimate of drug-likeness (QED) is 0.574. The molecule has 0 atom stereocenters. The summed E-state index contributed by atoms with van der Waals surface area (Å²) in [6, 6.07) is 24.7. The van der Waals surface area contributed by atoms with Crippen molar-refractivity contribution in [2.45, 2.75) is 6.04 Å². The van der Waals surface area contributed by atoms with Crippen molar-refractivity contribution in [1.29, 1.82) is 0 Å². The second-order valence-corrected chi connectivity index (χ2v) is 5.78. The highest BCUT2D eigenvalue weighted by Gasteiger charge is 2.16. The van der Waals surface area contributed by atoms with Gasteiger partial charge in [-0.25, -0.2) is 14.4 Å². The minimum Gasteiger partial charge on any atom is -0.359 e. The summed E-state index contributed by atoms with van der Waals surface area (Å²) in [5.74, 6) is 0.309. The second kappa shape index (κ2) is 6.69. The zero-order valence-electron chi connectivity index (χ0n) is 13.4. The van der Waals surface area contributed by atoms with Gasteiger partial charge in [0.1, 0.15) is 18.0 Å². The largest absolute Gasteiger partial charge is 0.359 e. The minimum atomic E-state index is -0.304. The molecule has 4 heteroatoms. The van der Waals surface area contributed by atoms with E-state index in [9.17, 15) is 4.39 Å². The predicted molar refractivity (Wildman–Crippen MR) is 97.8 cm³/mol. The highest BCUT2D eigenvalue weighted by atomic mass is 19.1. The Hall–Kier alpha value is -3.27. The average Bonchev–Trinajstić information content (AvgIpc) is 2.67. The summed E-state index contributed by atoms with van der Waals surface area (Å²) in [6.45, 7) is 0. The molecular formula is C21H16FN3. The zero-order valence-corrected chi connectivity index (χ0v) is 13.4. The van der Waals surface area contributed by atoms with Crippen LogP contribution in [0.3, 0.4) is 0 Å². The van der Waals surface area contributed by atoms with Gasteiger partial charge in [0.15, 0.2) is 0 Å². The van der Waals surface area contributed by atoms with E-state index in [1.165, 1.54) is 18.5 Å². The van der Waals surface area contributed by atoms with Crippen LogP contribution in [0.4, 0.5) is 10.2 Å². The highest BCUT2D eigenvalue weighted by molar-refractivity contribution is 5.89. The van der Waals surface area contributed by atoms with Gasteiger partial charge in [0.2, 0.25) is 0 Å². The summed E-state index contributed by atoms with van der Waals surface area (Å²) in [5, 5.41) is 4.13. The fraction of sp³-hybridized carbons (Fsp3) is 0.0476. The third-order valence-electron chi connectivity index (χ3n) is 4.14.